The highest BCUT2D eigenvalue weighted by Gasteiger charge is 1.83. The topological polar surface area (TPSA) is 24.4 Å². The summed E-state index contributed by atoms with van der Waals surface area (Å²) in [5.74, 6) is 0. The molecule has 2 nitrogen and oxygen atoms in total. The SMILES string of the molecule is C(=CNc1ccccc1)C=Nc1ccccc1. The van der Waals surface area contributed by atoms with Crippen molar-refractivity contribution in [2.24, 2.45) is 4.99 Å². The Balaban J connectivity index is 1.85. The normalized spacial score (nSPS) is 11.1. The Morgan fingerprint density at radius 1 is 0.824 bits per heavy atom. The summed E-state index contributed by atoms with van der Waals surface area (Å²) in [6, 6.07) is 19.9. The monoisotopic (exact) mass is 222 g/mol. The van der Waals surface area contributed by atoms with Crippen molar-refractivity contribution in [3.63, 3.8) is 0 Å². The van der Waals surface area contributed by atoms with Crippen LogP contribution in [0.25, 0.3) is 0 Å². The first-order chi connectivity index (χ1) is 8.45. The van der Waals surface area contributed by atoms with Crippen molar-refractivity contribution in [3.05, 3.63) is 72.9 Å². The van der Waals surface area contributed by atoms with Crippen molar-refractivity contribution in [1.29, 1.82) is 0 Å². The summed E-state index contributed by atoms with van der Waals surface area (Å²) in [4.78, 5) is 4.29. The number of rotatable bonds is 4. The lowest BCUT2D eigenvalue weighted by Crippen LogP contribution is -1.85. The number of benzene rings is 2. The van der Waals surface area contributed by atoms with Gasteiger partial charge in [-0.2, -0.15) is 0 Å². The molecule has 0 aliphatic carbocycles. The van der Waals surface area contributed by atoms with E-state index in [-0.39, 0.29) is 0 Å². The van der Waals surface area contributed by atoms with Gasteiger partial charge in [-0.1, -0.05) is 36.4 Å². The van der Waals surface area contributed by atoms with Gasteiger partial charge >= 0.3 is 0 Å². The van der Waals surface area contributed by atoms with Crippen LogP contribution in [0.4, 0.5) is 11.4 Å². The van der Waals surface area contributed by atoms with Gasteiger partial charge in [-0.05, 0) is 30.3 Å². The molecule has 0 radical (unpaired) electrons. The third-order valence-corrected chi connectivity index (χ3v) is 2.19. The minimum absolute atomic E-state index is 0.955. The lowest BCUT2D eigenvalue weighted by Gasteiger charge is -1.97. The number of para-hydroxylation sites is 2. The quantitative estimate of drug-likeness (QED) is 0.776. The molecule has 0 heterocycles. The van der Waals surface area contributed by atoms with Crippen molar-refractivity contribution in [2.75, 3.05) is 5.32 Å². The lowest BCUT2D eigenvalue weighted by molar-refractivity contribution is 1.54. The molecule has 0 saturated heterocycles. The van der Waals surface area contributed by atoms with Crippen LogP contribution in [0, 0.1) is 0 Å². The largest absolute Gasteiger partial charge is 0.362 e. The van der Waals surface area contributed by atoms with Crippen LogP contribution in [0.1, 0.15) is 0 Å². The summed E-state index contributed by atoms with van der Waals surface area (Å²) < 4.78 is 0. The van der Waals surface area contributed by atoms with E-state index in [4.69, 9.17) is 0 Å². The van der Waals surface area contributed by atoms with Gasteiger partial charge in [0.1, 0.15) is 0 Å². The number of hydrogen-bond acceptors (Lipinski definition) is 2. The Morgan fingerprint density at radius 2 is 1.47 bits per heavy atom. The lowest BCUT2D eigenvalue weighted by atomic mass is 10.3. The molecule has 0 aliphatic rings. The van der Waals surface area contributed by atoms with E-state index in [2.05, 4.69) is 10.3 Å². The summed E-state index contributed by atoms with van der Waals surface area (Å²) >= 11 is 0. The number of hydrogen-bond donors (Lipinski definition) is 1. The summed E-state index contributed by atoms with van der Waals surface area (Å²) in [6.45, 7) is 0. The third-order valence-electron chi connectivity index (χ3n) is 2.19. The zero-order chi connectivity index (χ0) is 11.8. The molecule has 0 fully saturated rings. The molecule has 0 aromatic heterocycles. The Labute approximate surface area is 101 Å². The van der Waals surface area contributed by atoms with Gasteiger partial charge < -0.3 is 5.32 Å². The molecule has 17 heavy (non-hydrogen) atoms. The van der Waals surface area contributed by atoms with Crippen LogP contribution < -0.4 is 5.32 Å². The van der Waals surface area contributed by atoms with Gasteiger partial charge in [0.15, 0.2) is 0 Å². The first-order valence-electron chi connectivity index (χ1n) is 5.51. The van der Waals surface area contributed by atoms with Gasteiger partial charge in [-0.25, -0.2) is 0 Å². The predicted molar refractivity (Wildman–Crippen MR) is 73.8 cm³/mol. The van der Waals surface area contributed by atoms with Gasteiger partial charge in [0.25, 0.3) is 0 Å². The predicted octanol–water partition coefficient (Wildman–Crippen LogP) is 4.01. The highest BCUT2D eigenvalue weighted by atomic mass is 14.8. The van der Waals surface area contributed by atoms with E-state index in [0.29, 0.717) is 0 Å². The van der Waals surface area contributed by atoms with Crippen LogP contribution in [-0.2, 0) is 0 Å². The maximum atomic E-state index is 4.29. The number of aliphatic imine (C=N–C) groups is 1. The maximum absolute atomic E-state index is 4.29. The van der Waals surface area contributed by atoms with Crippen molar-refractivity contribution < 1.29 is 0 Å². The molecule has 2 heteroatoms. The van der Waals surface area contributed by atoms with Crippen LogP contribution in [0.5, 0.6) is 0 Å². The molecule has 0 saturated carbocycles. The van der Waals surface area contributed by atoms with Gasteiger partial charge in [0, 0.05) is 18.1 Å². The van der Waals surface area contributed by atoms with Crippen molar-refractivity contribution >= 4 is 17.6 Å². The molecule has 0 unspecified atom stereocenters. The Kier molecular flexibility index (Phi) is 4.12. The van der Waals surface area contributed by atoms with E-state index < -0.39 is 0 Å². The fraction of sp³-hybridized carbons (Fsp3) is 0. The Hall–Kier alpha value is -2.35. The smallest absolute Gasteiger partial charge is 0.0629 e. The van der Waals surface area contributed by atoms with E-state index in [9.17, 15) is 0 Å². The standard InChI is InChI=1S/C15H14N2/c1-3-8-14(9-4-1)16-12-7-13-17-15-10-5-2-6-11-15/h1-13,16H. The summed E-state index contributed by atoms with van der Waals surface area (Å²) in [5.41, 5.74) is 2.02. The third kappa shape index (κ3) is 3.95. The van der Waals surface area contributed by atoms with Crippen LogP contribution in [0.3, 0.4) is 0 Å². The molecule has 0 bridgehead atoms. The molecule has 0 aliphatic heterocycles. The summed E-state index contributed by atoms with van der Waals surface area (Å²) in [7, 11) is 0. The second-order valence-electron chi connectivity index (χ2n) is 3.48. The van der Waals surface area contributed by atoms with E-state index >= 15 is 0 Å². The maximum Gasteiger partial charge on any atom is 0.0629 e. The highest BCUT2D eigenvalue weighted by Crippen LogP contribution is 2.08. The number of nitrogens with zero attached hydrogens (tertiary/aromatic N) is 1. The second-order valence-corrected chi connectivity index (χ2v) is 3.48. The van der Waals surface area contributed by atoms with Crippen LogP contribution in [0.2, 0.25) is 0 Å². The minimum Gasteiger partial charge on any atom is -0.362 e. The number of nitrogens with one attached hydrogen (secondary N) is 1. The minimum atomic E-state index is 0.955. The van der Waals surface area contributed by atoms with E-state index in [1.54, 1.807) is 6.21 Å². The average Bonchev–Trinajstić information content (AvgIpc) is 2.41. The van der Waals surface area contributed by atoms with Gasteiger partial charge in [0.05, 0.1) is 5.69 Å². The molecule has 2 aromatic rings. The fourth-order valence-corrected chi connectivity index (χ4v) is 1.36. The molecular weight excluding hydrogens is 208 g/mol. The van der Waals surface area contributed by atoms with E-state index in [0.717, 1.165) is 11.4 Å². The molecule has 1 N–H and O–H groups in total. The first-order valence-corrected chi connectivity index (χ1v) is 5.51. The molecule has 0 spiro atoms. The van der Waals surface area contributed by atoms with Crippen molar-refractivity contribution in [3.8, 4) is 0 Å². The van der Waals surface area contributed by atoms with Gasteiger partial charge in [-0.3, -0.25) is 4.99 Å². The zero-order valence-electron chi connectivity index (χ0n) is 9.45. The summed E-state index contributed by atoms with van der Waals surface area (Å²) in [6.07, 6.45) is 5.51. The van der Waals surface area contributed by atoms with Crippen molar-refractivity contribution in [2.45, 2.75) is 0 Å². The van der Waals surface area contributed by atoms with E-state index in [1.807, 2.05) is 72.9 Å². The fourth-order valence-electron chi connectivity index (χ4n) is 1.36. The molecule has 2 rings (SSSR count). The van der Waals surface area contributed by atoms with Crippen molar-refractivity contribution in [1.82, 2.24) is 0 Å². The number of anilines is 1. The summed E-state index contributed by atoms with van der Waals surface area (Å²) in [5, 5.41) is 3.16. The molecule has 0 atom stereocenters. The molecule has 84 valence electrons. The molecular formula is C15H14N2. The average molecular weight is 222 g/mol. The Morgan fingerprint density at radius 3 is 2.18 bits per heavy atom. The Bertz CT molecular complexity index is 487. The van der Waals surface area contributed by atoms with Crippen LogP contribution >= 0.6 is 0 Å². The molecule has 0 amide bonds. The van der Waals surface area contributed by atoms with Gasteiger partial charge in [-0.15, -0.1) is 0 Å². The van der Waals surface area contributed by atoms with Gasteiger partial charge in [0.2, 0.25) is 0 Å². The van der Waals surface area contributed by atoms with Crippen LogP contribution in [0.15, 0.2) is 77.9 Å². The van der Waals surface area contributed by atoms with Crippen LogP contribution in [-0.4, -0.2) is 6.21 Å². The zero-order valence-corrected chi connectivity index (χ0v) is 9.45. The number of allylic oxidation sites excluding steroid dienone is 1. The molecule has 2 aromatic carbocycles. The first kappa shape index (κ1) is 11.1. The van der Waals surface area contributed by atoms with E-state index in [1.165, 1.54) is 0 Å². The second kappa shape index (κ2) is 6.28. The highest BCUT2D eigenvalue weighted by molar-refractivity contribution is 5.74.